The molecule has 7 nitrogen and oxygen atoms in total. The molecule has 0 aliphatic carbocycles. The summed E-state index contributed by atoms with van der Waals surface area (Å²) in [6.07, 6.45) is 1.73. The maximum atomic E-state index is 12.8. The van der Waals surface area contributed by atoms with Crippen molar-refractivity contribution in [3.05, 3.63) is 53.3 Å². The number of sulfonamides is 1. The Hall–Kier alpha value is -1.94. The summed E-state index contributed by atoms with van der Waals surface area (Å²) in [5.74, 6) is 1.28. The summed E-state index contributed by atoms with van der Waals surface area (Å²) in [5.41, 5.74) is 1.73. The molecule has 3 rings (SSSR count). The Balaban J connectivity index is 1.84. The van der Waals surface area contributed by atoms with Crippen molar-refractivity contribution in [1.29, 1.82) is 0 Å². The van der Waals surface area contributed by atoms with E-state index in [0.717, 1.165) is 10.7 Å². The second kappa shape index (κ2) is 9.25. The van der Waals surface area contributed by atoms with Crippen molar-refractivity contribution in [2.75, 3.05) is 13.1 Å². The fourth-order valence-corrected chi connectivity index (χ4v) is 5.30. The SMILES string of the molecule is CCN(CC)S(=O)(=O)c1cccc(-c2nnc(SCc3ccc(Cl)nc3)n2C)c1. The van der Waals surface area contributed by atoms with Gasteiger partial charge in [-0.1, -0.05) is 55.4 Å². The molecule has 0 saturated heterocycles. The number of hydrogen-bond acceptors (Lipinski definition) is 6. The highest BCUT2D eigenvalue weighted by atomic mass is 35.5. The lowest BCUT2D eigenvalue weighted by molar-refractivity contribution is 0.445. The van der Waals surface area contributed by atoms with Crippen LogP contribution in [-0.4, -0.2) is 45.6 Å². The van der Waals surface area contributed by atoms with E-state index in [2.05, 4.69) is 15.2 Å². The zero-order valence-corrected chi connectivity index (χ0v) is 18.8. The highest BCUT2D eigenvalue weighted by molar-refractivity contribution is 7.98. The predicted molar refractivity (Wildman–Crippen MR) is 115 cm³/mol. The zero-order valence-electron chi connectivity index (χ0n) is 16.4. The van der Waals surface area contributed by atoms with Crippen molar-refractivity contribution in [2.45, 2.75) is 29.7 Å². The highest BCUT2D eigenvalue weighted by Crippen LogP contribution is 2.27. The summed E-state index contributed by atoms with van der Waals surface area (Å²) < 4.78 is 28.9. The Labute approximate surface area is 180 Å². The van der Waals surface area contributed by atoms with Gasteiger partial charge in [-0.3, -0.25) is 0 Å². The molecular weight excluding hydrogens is 430 g/mol. The average Bonchev–Trinajstić information content (AvgIpc) is 3.09. The molecule has 0 spiro atoms. The van der Waals surface area contributed by atoms with Crippen molar-refractivity contribution in [2.24, 2.45) is 7.05 Å². The lowest BCUT2D eigenvalue weighted by atomic mass is 10.2. The van der Waals surface area contributed by atoms with Crippen LogP contribution in [0, 0.1) is 0 Å². The van der Waals surface area contributed by atoms with Gasteiger partial charge in [-0.15, -0.1) is 10.2 Å². The van der Waals surface area contributed by atoms with Crippen LogP contribution in [-0.2, 0) is 22.8 Å². The van der Waals surface area contributed by atoms with Crippen molar-refractivity contribution in [1.82, 2.24) is 24.1 Å². The Kier molecular flexibility index (Phi) is 6.94. The van der Waals surface area contributed by atoms with Gasteiger partial charge in [0.15, 0.2) is 11.0 Å². The Morgan fingerprint density at radius 3 is 2.55 bits per heavy atom. The summed E-state index contributed by atoms with van der Waals surface area (Å²) in [7, 11) is -1.67. The lowest BCUT2D eigenvalue weighted by Gasteiger charge is -2.18. The standard InChI is InChI=1S/C19H22ClN5O2S2/c1-4-25(5-2)29(26,27)16-8-6-7-15(11-16)18-22-23-19(24(18)3)28-13-14-9-10-17(20)21-12-14/h6-12H,4-5,13H2,1-3H3. The van der Waals surface area contributed by atoms with Crippen LogP contribution in [0.4, 0.5) is 0 Å². The number of aromatic nitrogens is 4. The minimum atomic E-state index is -3.53. The third-order valence-corrected chi connectivity index (χ3v) is 7.79. The molecule has 0 aliphatic rings. The van der Waals surface area contributed by atoms with Gasteiger partial charge in [-0.25, -0.2) is 13.4 Å². The number of thioether (sulfide) groups is 1. The van der Waals surface area contributed by atoms with Crippen LogP contribution in [0.25, 0.3) is 11.4 Å². The smallest absolute Gasteiger partial charge is 0.243 e. The molecule has 0 bridgehead atoms. The van der Waals surface area contributed by atoms with Gasteiger partial charge in [0.2, 0.25) is 10.0 Å². The monoisotopic (exact) mass is 451 g/mol. The molecule has 10 heteroatoms. The van der Waals surface area contributed by atoms with Gasteiger partial charge in [0.25, 0.3) is 0 Å². The Morgan fingerprint density at radius 2 is 1.90 bits per heavy atom. The summed E-state index contributed by atoms with van der Waals surface area (Å²) in [6.45, 7) is 4.50. The van der Waals surface area contributed by atoms with Crippen LogP contribution in [0.3, 0.4) is 0 Å². The molecule has 2 aromatic heterocycles. The fraction of sp³-hybridized carbons (Fsp3) is 0.316. The van der Waals surface area contributed by atoms with Crippen LogP contribution < -0.4 is 0 Å². The normalized spacial score (nSPS) is 11.9. The first kappa shape index (κ1) is 21.8. The van der Waals surface area contributed by atoms with Crippen LogP contribution in [0.1, 0.15) is 19.4 Å². The largest absolute Gasteiger partial charge is 0.305 e. The number of pyridine rings is 1. The van der Waals surface area contributed by atoms with E-state index in [0.29, 0.717) is 35.4 Å². The van der Waals surface area contributed by atoms with Gasteiger partial charge in [-0.2, -0.15) is 4.31 Å². The lowest BCUT2D eigenvalue weighted by Crippen LogP contribution is -2.30. The molecule has 154 valence electrons. The molecule has 0 radical (unpaired) electrons. The molecule has 2 heterocycles. The minimum Gasteiger partial charge on any atom is -0.305 e. The molecule has 0 atom stereocenters. The molecule has 0 amide bonds. The van der Waals surface area contributed by atoms with Crippen molar-refractivity contribution in [3.8, 4) is 11.4 Å². The molecule has 3 aromatic rings. The molecule has 0 unspecified atom stereocenters. The van der Waals surface area contributed by atoms with Gasteiger partial charge in [0.05, 0.1) is 4.90 Å². The number of rotatable bonds is 8. The van der Waals surface area contributed by atoms with E-state index in [1.54, 1.807) is 30.5 Å². The zero-order chi connectivity index (χ0) is 21.0. The number of hydrogen-bond donors (Lipinski definition) is 0. The van der Waals surface area contributed by atoms with E-state index in [4.69, 9.17) is 11.6 Å². The van der Waals surface area contributed by atoms with E-state index in [9.17, 15) is 8.42 Å². The predicted octanol–water partition coefficient (Wildman–Crippen LogP) is 3.85. The van der Waals surface area contributed by atoms with Gasteiger partial charge >= 0.3 is 0 Å². The molecule has 0 N–H and O–H groups in total. The van der Waals surface area contributed by atoms with E-state index >= 15 is 0 Å². The van der Waals surface area contributed by atoms with Gasteiger partial charge < -0.3 is 4.57 Å². The molecule has 0 fully saturated rings. The quantitative estimate of drug-likeness (QED) is 0.382. The van der Waals surface area contributed by atoms with Crippen molar-refractivity contribution < 1.29 is 8.42 Å². The van der Waals surface area contributed by atoms with E-state index in [1.807, 2.05) is 37.6 Å². The molecule has 1 aromatic carbocycles. The first-order valence-electron chi connectivity index (χ1n) is 9.10. The van der Waals surface area contributed by atoms with Crippen molar-refractivity contribution >= 4 is 33.4 Å². The van der Waals surface area contributed by atoms with Crippen LogP contribution in [0.5, 0.6) is 0 Å². The van der Waals surface area contributed by atoms with Gasteiger partial charge in [0.1, 0.15) is 5.15 Å². The second-order valence-electron chi connectivity index (χ2n) is 6.26. The summed E-state index contributed by atoms with van der Waals surface area (Å²) in [6, 6.07) is 10.5. The summed E-state index contributed by atoms with van der Waals surface area (Å²) in [4.78, 5) is 4.33. The maximum absolute atomic E-state index is 12.8. The van der Waals surface area contributed by atoms with Gasteiger partial charge in [0, 0.05) is 37.7 Å². The second-order valence-corrected chi connectivity index (χ2v) is 9.53. The summed E-state index contributed by atoms with van der Waals surface area (Å²) >= 11 is 7.34. The van der Waals surface area contributed by atoms with Crippen molar-refractivity contribution in [3.63, 3.8) is 0 Å². The molecular formula is C19H22ClN5O2S2. The van der Waals surface area contributed by atoms with E-state index in [-0.39, 0.29) is 4.90 Å². The fourth-order valence-electron chi connectivity index (χ4n) is 2.84. The van der Waals surface area contributed by atoms with Crippen LogP contribution in [0.2, 0.25) is 5.15 Å². The number of nitrogens with zero attached hydrogens (tertiary/aromatic N) is 5. The first-order chi connectivity index (χ1) is 13.9. The minimum absolute atomic E-state index is 0.253. The molecule has 0 saturated carbocycles. The third kappa shape index (κ3) is 4.80. The topological polar surface area (TPSA) is 81.0 Å². The van der Waals surface area contributed by atoms with Crippen LogP contribution >= 0.6 is 23.4 Å². The van der Waals surface area contributed by atoms with E-state index < -0.39 is 10.0 Å². The average molecular weight is 452 g/mol. The number of benzene rings is 1. The molecule has 29 heavy (non-hydrogen) atoms. The number of halogens is 1. The maximum Gasteiger partial charge on any atom is 0.243 e. The summed E-state index contributed by atoms with van der Waals surface area (Å²) in [5, 5.41) is 9.71. The third-order valence-electron chi connectivity index (χ3n) is 4.43. The Morgan fingerprint density at radius 1 is 1.14 bits per heavy atom. The highest BCUT2D eigenvalue weighted by Gasteiger charge is 2.22. The first-order valence-corrected chi connectivity index (χ1v) is 11.9. The van der Waals surface area contributed by atoms with Gasteiger partial charge in [-0.05, 0) is 23.8 Å². The van der Waals surface area contributed by atoms with Crippen LogP contribution in [0.15, 0.2) is 52.6 Å². The molecule has 0 aliphatic heterocycles. The van der Waals surface area contributed by atoms with E-state index in [1.165, 1.54) is 16.1 Å². The Bertz CT molecular complexity index is 1080.